The number of fused-ring (bicyclic) bond motifs is 16. The summed E-state index contributed by atoms with van der Waals surface area (Å²) < 4.78 is 6.32. The second-order valence-electron chi connectivity index (χ2n) is 17.3. The number of benzene rings is 10. The highest BCUT2D eigenvalue weighted by Crippen LogP contribution is 2.65. The lowest BCUT2D eigenvalue weighted by Gasteiger charge is -2.33. The van der Waals surface area contributed by atoms with E-state index in [-0.39, 0.29) is 0 Å². The molecule has 304 valence electrons. The Morgan fingerprint density at radius 2 is 0.908 bits per heavy atom. The van der Waals surface area contributed by atoms with Crippen molar-refractivity contribution in [3.63, 3.8) is 0 Å². The first-order chi connectivity index (χ1) is 32.3. The van der Waals surface area contributed by atoms with Crippen LogP contribution in [0.5, 0.6) is 0 Å². The van der Waals surface area contributed by atoms with Crippen molar-refractivity contribution < 1.29 is 4.42 Å². The van der Waals surface area contributed by atoms with Crippen LogP contribution in [0.15, 0.2) is 235 Å². The largest absolute Gasteiger partial charge is 0.456 e. The van der Waals surface area contributed by atoms with E-state index in [1.54, 1.807) is 0 Å². The molecule has 12 aromatic rings. The van der Waals surface area contributed by atoms with E-state index in [4.69, 9.17) is 4.42 Å². The van der Waals surface area contributed by atoms with Crippen LogP contribution in [-0.4, -0.2) is 4.98 Å². The Balaban J connectivity index is 1.03. The number of nitrogens with one attached hydrogen (secondary N) is 1. The van der Waals surface area contributed by atoms with Gasteiger partial charge in [-0.15, -0.1) is 0 Å². The van der Waals surface area contributed by atoms with Gasteiger partial charge in [0.25, 0.3) is 0 Å². The van der Waals surface area contributed by atoms with Crippen LogP contribution in [0.3, 0.4) is 0 Å². The molecule has 0 radical (unpaired) electrons. The Labute approximate surface area is 375 Å². The molecule has 1 atom stereocenters. The molecule has 0 fully saturated rings. The van der Waals surface area contributed by atoms with E-state index in [0.29, 0.717) is 0 Å². The molecule has 2 aliphatic carbocycles. The van der Waals surface area contributed by atoms with Gasteiger partial charge in [-0.05, 0) is 118 Å². The summed E-state index contributed by atoms with van der Waals surface area (Å²) in [6, 6.07) is 84.1. The first kappa shape index (κ1) is 35.9. The summed E-state index contributed by atoms with van der Waals surface area (Å²) >= 11 is 0. The highest BCUT2D eigenvalue weighted by molar-refractivity contribution is 6.13. The van der Waals surface area contributed by atoms with E-state index >= 15 is 0 Å². The van der Waals surface area contributed by atoms with Gasteiger partial charge in [-0.25, -0.2) is 0 Å². The van der Waals surface area contributed by atoms with Gasteiger partial charge in [0.1, 0.15) is 11.2 Å². The lowest BCUT2D eigenvalue weighted by molar-refractivity contribution is 0.669. The van der Waals surface area contributed by atoms with Crippen molar-refractivity contribution in [3.8, 4) is 22.3 Å². The third-order valence-electron chi connectivity index (χ3n) is 14.0. The number of H-pyrrole nitrogens is 1. The average molecular weight is 830 g/mol. The topological polar surface area (TPSA) is 35.4 Å². The van der Waals surface area contributed by atoms with Crippen LogP contribution in [0.4, 0.5) is 34.1 Å². The Kier molecular flexibility index (Phi) is 7.57. The van der Waals surface area contributed by atoms with Crippen LogP contribution in [-0.2, 0) is 5.41 Å². The van der Waals surface area contributed by atoms with Gasteiger partial charge in [0.15, 0.2) is 0 Å². The summed E-state index contributed by atoms with van der Waals surface area (Å²) in [5, 5.41) is 4.64. The van der Waals surface area contributed by atoms with E-state index in [2.05, 4.69) is 233 Å². The van der Waals surface area contributed by atoms with Crippen LogP contribution < -0.4 is 9.80 Å². The van der Waals surface area contributed by atoms with Crippen LogP contribution in [0.2, 0.25) is 0 Å². The summed E-state index contributed by atoms with van der Waals surface area (Å²) in [7, 11) is 0. The van der Waals surface area contributed by atoms with Gasteiger partial charge < -0.3 is 19.2 Å². The van der Waals surface area contributed by atoms with Crippen molar-refractivity contribution in [2.24, 2.45) is 0 Å². The van der Waals surface area contributed by atoms with Gasteiger partial charge in [0.05, 0.1) is 22.3 Å². The first-order valence-corrected chi connectivity index (χ1v) is 22.3. The van der Waals surface area contributed by atoms with Crippen molar-refractivity contribution in [1.82, 2.24) is 4.98 Å². The standard InChI is InChI=1S/C61H39N3O/c1-3-17-39(18-4-1)63(41-34-36-58-49(37-41)46-23-10-14-32-57(46)65-58)42-33-35-44-43-21-7-11-26-50(43)61(53(44)38-42)51-27-12-8-24-48(51)59-52(61)28-16-30-55(59)64(40-19-5-2-6-20-40)56-31-15-25-47-45-22-9-13-29-54(45)62-60(47)56/h1-38,62H. The maximum atomic E-state index is 6.32. The minimum absolute atomic E-state index is 0.591. The van der Waals surface area contributed by atoms with Gasteiger partial charge in [-0.3, -0.25) is 0 Å². The number of aromatic nitrogens is 1. The fourth-order valence-electron chi connectivity index (χ4n) is 11.4. The van der Waals surface area contributed by atoms with Crippen molar-refractivity contribution in [3.05, 3.63) is 253 Å². The van der Waals surface area contributed by atoms with Crippen molar-refractivity contribution >= 4 is 77.9 Å². The number of aromatic amines is 1. The van der Waals surface area contributed by atoms with Crippen molar-refractivity contribution in [2.75, 3.05) is 9.80 Å². The van der Waals surface area contributed by atoms with Gasteiger partial charge in [-0.1, -0.05) is 152 Å². The highest BCUT2D eigenvalue weighted by atomic mass is 16.3. The van der Waals surface area contributed by atoms with E-state index in [0.717, 1.165) is 67.1 Å². The maximum Gasteiger partial charge on any atom is 0.135 e. The Morgan fingerprint density at radius 3 is 1.74 bits per heavy atom. The normalized spacial score (nSPS) is 14.5. The number of para-hydroxylation sites is 5. The molecule has 10 aromatic carbocycles. The van der Waals surface area contributed by atoms with Crippen LogP contribution in [0.1, 0.15) is 22.3 Å². The maximum absolute atomic E-state index is 6.32. The molecule has 65 heavy (non-hydrogen) atoms. The number of furan rings is 1. The Morgan fingerprint density at radius 1 is 0.338 bits per heavy atom. The molecule has 0 amide bonds. The molecule has 0 saturated heterocycles. The quantitative estimate of drug-likeness (QED) is 0.181. The number of anilines is 6. The number of hydrogen-bond donors (Lipinski definition) is 1. The number of hydrogen-bond acceptors (Lipinski definition) is 3. The Hall–Kier alpha value is -8.60. The smallest absolute Gasteiger partial charge is 0.135 e. The van der Waals surface area contributed by atoms with E-state index in [1.165, 1.54) is 55.3 Å². The minimum atomic E-state index is -0.591. The lowest BCUT2D eigenvalue weighted by atomic mass is 9.70. The molecule has 1 unspecified atom stereocenters. The molecule has 0 aliphatic heterocycles. The molecule has 0 bridgehead atoms. The fourth-order valence-corrected chi connectivity index (χ4v) is 11.4. The zero-order chi connectivity index (χ0) is 42.6. The number of rotatable bonds is 6. The predicted octanol–water partition coefficient (Wildman–Crippen LogP) is 16.5. The summed E-state index contributed by atoms with van der Waals surface area (Å²) in [5.41, 5.74) is 20.2. The van der Waals surface area contributed by atoms with Crippen LogP contribution in [0, 0.1) is 0 Å². The molecule has 2 heterocycles. The lowest BCUT2D eigenvalue weighted by Crippen LogP contribution is -2.26. The molecule has 4 heteroatoms. The van der Waals surface area contributed by atoms with E-state index in [1.807, 2.05) is 12.1 Å². The van der Waals surface area contributed by atoms with Gasteiger partial charge >= 0.3 is 0 Å². The number of nitrogens with zero attached hydrogens (tertiary/aromatic N) is 2. The van der Waals surface area contributed by atoms with Crippen LogP contribution in [0.25, 0.3) is 66.0 Å². The van der Waals surface area contributed by atoms with Crippen molar-refractivity contribution in [1.29, 1.82) is 0 Å². The molecule has 1 N–H and O–H groups in total. The fraction of sp³-hybridized carbons (Fsp3) is 0.0164. The zero-order valence-corrected chi connectivity index (χ0v) is 35.2. The minimum Gasteiger partial charge on any atom is -0.456 e. The highest BCUT2D eigenvalue weighted by Gasteiger charge is 2.52. The summed E-state index contributed by atoms with van der Waals surface area (Å²) in [4.78, 5) is 8.70. The second-order valence-corrected chi connectivity index (χ2v) is 17.3. The van der Waals surface area contributed by atoms with Gasteiger partial charge in [0.2, 0.25) is 0 Å². The average Bonchev–Trinajstić information content (AvgIpc) is 4.11. The zero-order valence-electron chi connectivity index (χ0n) is 35.2. The second kappa shape index (κ2) is 13.7. The third kappa shape index (κ3) is 5.02. The summed E-state index contributed by atoms with van der Waals surface area (Å²) in [6.45, 7) is 0. The van der Waals surface area contributed by atoms with Gasteiger partial charge in [-0.2, -0.15) is 0 Å². The summed E-state index contributed by atoms with van der Waals surface area (Å²) in [6.07, 6.45) is 0. The molecule has 2 aromatic heterocycles. The van der Waals surface area contributed by atoms with Crippen LogP contribution >= 0.6 is 0 Å². The van der Waals surface area contributed by atoms with E-state index < -0.39 is 5.41 Å². The molecular formula is C61H39N3O. The molecular weight excluding hydrogens is 791 g/mol. The monoisotopic (exact) mass is 829 g/mol. The van der Waals surface area contributed by atoms with E-state index in [9.17, 15) is 0 Å². The molecule has 14 rings (SSSR count). The molecule has 4 nitrogen and oxygen atoms in total. The predicted molar refractivity (Wildman–Crippen MR) is 269 cm³/mol. The van der Waals surface area contributed by atoms with Gasteiger partial charge in [0, 0.05) is 55.4 Å². The third-order valence-corrected chi connectivity index (χ3v) is 14.0. The van der Waals surface area contributed by atoms with Crippen molar-refractivity contribution in [2.45, 2.75) is 5.41 Å². The Bertz CT molecular complexity index is 3860. The SMILES string of the molecule is c1ccc(N(c2ccc3c(c2)C2(c4ccccc4-3)c3ccccc3-c3c(N(c4ccccc4)c4cccc5c4[nH]c4ccccc45)cccc32)c2ccc3oc4ccccc4c3c2)cc1. The molecule has 1 spiro atoms. The molecule has 2 aliphatic rings. The first-order valence-electron chi connectivity index (χ1n) is 22.3. The molecule has 0 saturated carbocycles. The summed E-state index contributed by atoms with van der Waals surface area (Å²) in [5.74, 6) is 0.